The molecule has 0 fully saturated rings. The Hall–Kier alpha value is -1.58. The zero-order chi connectivity index (χ0) is 12.8. The molecule has 0 radical (unpaired) electrons. The summed E-state index contributed by atoms with van der Waals surface area (Å²) in [5.74, 6) is 0.169. The minimum atomic E-state index is 0. The van der Waals surface area contributed by atoms with Crippen molar-refractivity contribution in [2.75, 3.05) is 0 Å². The van der Waals surface area contributed by atoms with Crippen LogP contribution in [-0.2, 0) is 33.1 Å². The Morgan fingerprint density at radius 3 is 2.25 bits per heavy atom. The largest absolute Gasteiger partial charge is 0.758 e. The third-order valence-electron chi connectivity index (χ3n) is 2.30. The van der Waals surface area contributed by atoms with Gasteiger partial charge in [-0.3, -0.25) is 0 Å². The number of benzene rings is 2. The van der Waals surface area contributed by atoms with Crippen molar-refractivity contribution in [3.05, 3.63) is 65.7 Å². The molecule has 0 bridgehead atoms. The molecule has 2 rings (SSSR count). The molecule has 2 aromatic carbocycles. The molecule has 0 atom stereocenters. The molecule has 4 N–H and O–H groups in total. The molecular formula is C14H14N3OPdS-. The van der Waals surface area contributed by atoms with Crippen molar-refractivity contribution in [2.24, 2.45) is 10.2 Å². The normalized spacial score (nSPS) is 10.7. The fourth-order valence-electron chi connectivity index (χ4n) is 1.38. The molecule has 0 heterocycles. The van der Waals surface area contributed by atoms with E-state index in [2.05, 4.69) is 10.2 Å². The van der Waals surface area contributed by atoms with Crippen molar-refractivity contribution < 1.29 is 25.5 Å². The first kappa shape index (κ1) is 18.4. The molecule has 2 aromatic rings. The van der Waals surface area contributed by atoms with Gasteiger partial charge in [0, 0.05) is 26.0 Å². The van der Waals surface area contributed by atoms with Crippen LogP contribution in [0.15, 0.2) is 64.8 Å². The van der Waals surface area contributed by atoms with E-state index >= 15 is 0 Å². The number of rotatable bonds is 3. The van der Waals surface area contributed by atoms with Gasteiger partial charge in [0.15, 0.2) is 0 Å². The second-order valence-corrected chi connectivity index (χ2v) is 3.96. The minimum absolute atomic E-state index is 0. The van der Waals surface area contributed by atoms with Gasteiger partial charge in [0.2, 0.25) is 0 Å². The molecule has 108 valence electrons. The van der Waals surface area contributed by atoms with Gasteiger partial charge in [-0.25, -0.2) is 0 Å². The van der Waals surface area contributed by atoms with Gasteiger partial charge in [0.05, 0.1) is 6.21 Å². The predicted molar refractivity (Wildman–Crippen MR) is 81.1 cm³/mol. The first-order valence-corrected chi connectivity index (χ1v) is 5.79. The molecule has 0 saturated heterocycles. The van der Waals surface area contributed by atoms with Crippen LogP contribution in [-0.4, -0.2) is 16.4 Å². The van der Waals surface area contributed by atoms with E-state index in [1.807, 2.05) is 36.4 Å². The van der Waals surface area contributed by atoms with E-state index in [1.54, 1.807) is 18.2 Å². The summed E-state index contributed by atoms with van der Waals surface area (Å²) in [5.41, 5.74) is 1.46. The molecular weight excluding hydrogens is 365 g/mol. The fourth-order valence-corrected chi connectivity index (χ4v) is 1.56. The Balaban J connectivity index is 0.00000180. The van der Waals surface area contributed by atoms with Crippen LogP contribution in [0.2, 0.25) is 0 Å². The van der Waals surface area contributed by atoms with Crippen LogP contribution in [0.1, 0.15) is 11.1 Å². The van der Waals surface area contributed by atoms with E-state index in [4.69, 9.17) is 12.6 Å². The Labute approximate surface area is 137 Å². The van der Waals surface area contributed by atoms with Crippen molar-refractivity contribution in [2.45, 2.75) is 0 Å². The third kappa shape index (κ3) is 5.19. The molecule has 0 aliphatic rings. The number of hydrogen-bond donors (Lipinski definition) is 2. The van der Waals surface area contributed by atoms with E-state index in [0.717, 1.165) is 5.56 Å². The van der Waals surface area contributed by atoms with Crippen LogP contribution in [0.3, 0.4) is 0 Å². The Kier molecular flexibility index (Phi) is 8.61. The quantitative estimate of drug-likeness (QED) is 0.283. The summed E-state index contributed by atoms with van der Waals surface area (Å²) < 4.78 is 0. The van der Waals surface area contributed by atoms with Gasteiger partial charge in [-0.1, -0.05) is 47.5 Å². The molecule has 4 nitrogen and oxygen atoms in total. The second-order valence-electron chi connectivity index (χ2n) is 3.57. The molecule has 0 aliphatic carbocycles. The van der Waals surface area contributed by atoms with E-state index in [-0.39, 0.29) is 32.3 Å². The third-order valence-corrected chi connectivity index (χ3v) is 2.62. The van der Waals surface area contributed by atoms with E-state index in [9.17, 15) is 5.11 Å². The fraction of sp³-hybridized carbons (Fsp3) is 0. The van der Waals surface area contributed by atoms with Gasteiger partial charge in [-0.2, -0.15) is 10.2 Å². The SMILES string of the molecule is N.Oc1ccccc1/C=N/N=C(\[S-])c1ccccc1.[Pd]. The number of nitrogens with zero attached hydrogens (tertiary/aromatic N) is 2. The first-order valence-electron chi connectivity index (χ1n) is 5.39. The van der Waals surface area contributed by atoms with Crippen molar-refractivity contribution in [1.29, 1.82) is 0 Å². The van der Waals surface area contributed by atoms with Gasteiger partial charge < -0.3 is 23.9 Å². The van der Waals surface area contributed by atoms with Crippen LogP contribution < -0.4 is 6.15 Å². The van der Waals surface area contributed by atoms with Gasteiger partial charge in [-0.05, 0) is 17.7 Å². The van der Waals surface area contributed by atoms with Gasteiger partial charge in [-0.15, -0.1) is 0 Å². The van der Waals surface area contributed by atoms with Gasteiger partial charge in [0.25, 0.3) is 0 Å². The Bertz CT molecular complexity index is 588. The standard InChI is InChI=1S/C14H12N2OS.H3N.Pd/c17-13-9-5-4-8-12(13)10-15-16-14(18)11-6-2-1-3-7-11;;/h1-10,17H,(H,16,18);1H3;/p-1/b15-10+;;. The minimum Gasteiger partial charge on any atom is -0.758 e. The maximum atomic E-state index is 9.53. The molecule has 0 saturated carbocycles. The summed E-state index contributed by atoms with van der Waals surface area (Å²) in [5, 5.41) is 17.7. The molecule has 0 aliphatic heterocycles. The average molecular weight is 379 g/mol. The maximum absolute atomic E-state index is 9.53. The van der Waals surface area contributed by atoms with Crippen molar-refractivity contribution in [3.63, 3.8) is 0 Å². The average Bonchev–Trinajstić information content (AvgIpc) is 2.42. The van der Waals surface area contributed by atoms with Crippen LogP contribution in [0.5, 0.6) is 5.75 Å². The van der Waals surface area contributed by atoms with E-state index < -0.39 is 0 Å². The molecule has 20 heavy (non-hydrogen) atoms. The van der Waals surface area contributed by atoms with E-state index in [0.29, 0.717) is 10.6 Å². The van der Waals surface area contributed by atoms with Crippen LogP contribution in [0.4, 0.5) is 0 Å². The Morgan fingerprint density at radius 1 is 1.00 bits per heavy atom. The summed E-state index contributed by atoms with van der Waals surface area (Å²) >= 11 is 5.13. The number of aromatic hydroxyl groups is 1. The zero-order valence-corrected chi connectivity index (χ0v) is 12.9. The summed E-state index contributed by atoms with van der Waals surface area (Å²) in [4.78, 5) is 0. The maximum Gasteiger partial charge on any atom is 0.124 e. The number of hydrogen-bond acceptors (Lipinski definition) is 5. The number of phenolic OH excluding ortho intramolecular Hbond substituents is 1. The zero-order valence-electron chi connectivity index (χ0n) is 10.5. The van der Waals surface area contributed by atoms with Gasteiger partial charge >= 0.3 is 0 Å². The predicted octanol–water partition coefficient (Wildman–Crippen LogP) is 2.88. The van der Waals surface area contributed by atoms with Crippen LogP contribution >= 0.6 is 0 Å². The van der Waals surface area contributed by atoms with Crippen molar-refractivity contribution in [1.82, 2.24) is 6.15 Å². The molecule has 6 heteroatoms. The molecule has 0 amide bonds. The van der Waals surface area contributed by atoms with Gasteiger partial charge in [0.1, 0.15) is 5.75 Å². The molecule has 0 unspecified atom stereocenters. The second kappa shape index (κ2) is 9.35. The smallest absolute Gasteiger partial charge is 0.124 e. The molecule has 0 aromatic heterocycles. The molecule has 0 spiro atoms. The number of phenols is 1. The summed E-state index contributed by atoms with van der Waals surface area (Å²) in [6.45, 7) is 0. The van der Waals surface area contributed by atoms with Crippen LogP contribution in [0.25, 0.3) is 0 Å². The monoisotopic (exact) mass is 378 g/mol. The topological polar surface area (TPSA) is 80.0 Å². The first-order chi connectivity index (χ1) is 8.77. The summed E-state index contributed by atoms with van der Waals surface area (Å²) in [6.07, 6.45) is 1.48. The Morgan fingerprint density at radius 2 is 1.60 bits per heavy atom. The van der Waals surface area contributed by atoms with Crippen molar-refractivity contribution >= 4 is 23.9 Å². The van der Waals surface area contributed by atoms with Crippen LogP contribution in [0, 0.1) is 0 Å². The summed E-state index contributed by atoms with van der Waals surface area (Å²) in [6, 6.07) is 16.4. The number of para-hydroxylation sites is 1. The van der Waals surface area contributed by atoms with Crippen molar-refractivity contribution in [3.8, 4) is 5.75 Å². The van der Waals surface area contributed by atoms with E-state index in [1.165, 1.54) is 6.21 Å². The summed E-state index contributed by atoms with van der Waals surface area (Å²) in [7, 11) is 0.